The van der Waals surface area contributed by atoms with Crippen LogP contribution in [0.15, 0.2) is 45.4 Å². The number of hydrogen-bond acceptors (Lipinski definition) is 5. The van der Waals surface area contributed by atoms with Gasteiger partial charge in [-0.1, -0.05) is 43.4 Å². The maximum Gasteiger partial charge on any atom is 0.225 e. The Morgan fingerprint density at radius 1 is 1.27 bits per heavy atom. The van der Waals surface area contributed by atoms with Crippen LogP contribution in [0.5, 0.6) is 0 Å². The van der Waals surface area contributed by atoms with Crippen LogP contribution in [0.3, 0.4) is 0 Å². The molecule has 1 aliphatic carbocycles. The molecule has 1 amide bonds. The molecule has 3 atom stereocenters. The second kappa shape index (κ2) is 12.2. The Morgan fingerprint density at radius 3 is 2.59 bits per heavy atom. The number of likely N-dealkylation sites (tertiary alicyclic amines) is 1. The average Bonchev–Trinajstić information content (AvgIpc) is 3.59. The Bertz CT molecular complexity index is 1260. The lowest BCUT2D eigenvalue weighted by Gasteiger charge is -2.21. The van der Waals surface area contributed by atoms with Crippen LogP contribution in [0.2, 0.25) is 0 Å². The number of carbonyl (C=O) groups excluding carboxylic acids is 2. The average molecular weight is 536 g/mol. The van der Waals surface area contributed by atoms with E-state index in [1.807, 2.05) is 49.3 Å². The highest BCUT2D eigenvalue weighted by molar-refractivity contribution is 7.10. The minimum atomic E-state index is -0.00779. The maximum atomic E-state index is 13.5. The van der Waals surface area contributed by atoms with E-state index in [1.165, 1.54) is 0 Å². The smallest absolute Gasteiger partial charge is 0.225 e. The van der Waals surface area contributed by atoms with Crippen LogP contribution in [0.4, 0.5) is 0 Å². The SMILES string of the molecule is CN=C/C(Cl)=C(\CC1C[C@@H]2CN(C(=O)C(C)C)C[C@@H]2C1)C(=O)Cc1ncc(C#Cc2cccs2)cc1C. The number of rotatable bonds is 7. The molecule has 0 aromatic carbocycles. The van der Waals surface area contributed by atoms with Crippen LogP contribution in [-0.2, 0) is 16.0 Å². The van der Waals surface area contributed by atoms with Gasteiger partial charge in [-0.3, -0.25) is 19.6 Å². The highest BCUT2D eigenvalue weighted by Crippen LogP contribution is 2.44. The molecule has 5 nitrogen and oxygen atoms in total. The van der Waals surface area contributed by atoms with Crippen molar-refractivity contribution in [3.8, 4) is 11.8 Å². The van der Waals surface area contributed by atoms with E-state index in [0.717, 1.165) is 47.6 Å². The summed E-state index contributed by atoms with van der Waals surface area (Å²) in [6, 6.07) is 5.95. The van der Waals surface area contributed by atoms with Crippen LogP contribution < -0.4 is 0 Å². The van der Waals surface area contributed by atoms with Crippen molar-refractivity contribution in [1.82, 2.24) is 9.88 Å². The Kier molecular flexibility index (Phi) is 9.00. The number of aryl methyl sites for hydroxylation is 1. The summed E-state index contributed by atoms with van der Waals surface area (Å²) >= 11 is 8.18. The second-order valence-electron chi connectivity index (χ2n) is 10.5. The zero-order valence-corrected chi connectivity index (χ0v) is 23.5. The Morgan fingerprint density at radius 2 is 2.00 bits per heavy atom. The van der Waals surface area contributed by atoms with Gasteiger partial charge < -0.3 is 4.90 Å². The molecule has 2 aromatic rings. The van der Waals surface area contributed by atoms with E-state index in [9.17, 15) is 9.59 Å². The lowest BCUT2D eigenvalue weighted by molar-refractivity contribution is -0.133. The molecule has 0 radical (unpaired) electrons. The summed E-state index contributed by atoms with van der Waals surface area (Å²) in [6.45, 7) is 7.55. The summed E-state index contributed by atoms with van der Waals surface area (Å²) < 4.78 is 0. The number of carbonyl (C=O) groups is 2. The Hall–Kier alpha value is -2.75. The molecule has 1 aliphatic heterocycles. The third-order valence-electron chi connectivity index (χ3n) is 7.38. The van der Waals surface area contributed by atoms with Gasteiger partial charge in [0.05, 0.1) is 22.0 Å². The number of halogens is 1. The van der Waals surface area contributed by atoms with Crippen molar-refractivity contribution in [2.45, 2.75) is 46.5 Å². The van der Waals surface area contributed by atoms with Crippen LogP contribution in [0, 0.1) is 42.4 Å². The monoisotopic (exact) mass is 535 g/mol. The molecule has 2 aliphatic rings. The van der Waals surface area contributed by atoms with Gasteiger partial charge in [0.25, 0.3) is 0 Å². The molecule has 2 fully saturated rings. The summed E-state index contributed by atoms with van der Waals surface area (Å²) in [5.41, 5.74) is 3.15. The molecule has 4 rings (SSSR count). The van der Waals surface area contributed by atoms with Crippen molar-refractivity contribution in [3.05, 3.63) is 62.1 Å². The minimum Gasteiger partial charge on any atom is -0.342 e. The second-order valence-corrected chi connectivity index (χ2v) is 11.8. The summed E-state index contributed by atoms with van der Waals surface area (Å²) in [4.78, 5) is 37.6. The predicted molar refractivity (Wildman–Crippen MR) is 151 cm³/mol. The van der Waals surface area contributed by atoms with Crippen LogP contribution in [0.25, 0.3) is 0 Å². The Balaban J connectivity index is 1.42. The quantitative estimate of drug-likeness (QED) is 0.260. The standard InChI is InChI=1S/C30H34ClN3O2S/c1-19(2)30(36)34-17-23-11-22(12-24(23)18-34)13-26(27(31)16-32-4)29(35)14-28-20(3)10-21(15-33-28)7-8-25-6-5-9-37-25/h5-6,9-10,15-16,19,22-24H,11-14,17-18H2,1-4H3/b27-26-,32-16?/t22?,23-,24+. The molecular weight excluding hydrogens is 502 g/mol. The lowest BCUT2D eigenvalue weighted by Crippen LogP contribution is -2.33. The van der Waals surface area contributed by atoms with Crippen LogP contribution in [-0.4, -0.2) is 47.9 Å². The number of pyridine rings is 1. The third-order valence-corrected chi connectivity index (χ3v) is 8.49. The lowest BCUT2D eigenvalue weighted by atomic mass is 9.91. The minimum absolute atomic E-state index is 0.00779. The normalized spacial score (nSPS) is 21.7. The molecule has 2 aromatic heterocycles. The number of aromatic nitrogens is 1. The summed E-state index contributed by atoms with van der Waals surface area (Å²) in [5.74, 6) is 7.97. The van der Waals surface area contributed by atoms with Crippen LogP contribution in [0.1, 0.15) is 54.8 Å². The molecule has 0 spiro atoms. The highest BCUT2D eigenvalue weighted by atomic mass is 35.5. The first-order chi connectivity index (χ1) is 17.7. The number of hydrogen-bond donors (Lipinski definition) is 0. The summed E-state index contributed by atoms with van der Waals surface area (Å²) in [5, 5.41) is 2.42. The van der Waals surface area contributed by atoms with Gasteiger partial charge in [-0.25, -0.2) is 0 Å². The number of thiophene rings is 1. The molecular formula is C30H34ClN3O2S. The van der Waals surface area contributed by atoms with Gasteiger partial charge in [0.2, 0.25) is 5.91 Å². The first kappa shape index (κ1) is 27.3. The number of ketones is 1. The van der Waals surface area contributed by atoms with Crippen molar-refractivity contribution < 1.29 is 9.59 Å². The highest BCUT2D eigenvalue weighted by Gasteiger charge is 2.43. The molecule has 1 saturated carbocycles. The summed E-state index contributed by atoms with van der Waals surface area (Å²) in [7, 11) is 1.66. The van der Waals surface area contributed by atoms with Crippen molar-refractivity contribution in [1.29, 1.82) is 0 Å². The first-order valence-electron chi connectivity index (χ1n) is 12.9. The number of allylic oxidation sites excluding steroid dienone is 2. The number of nitrogens with zero attached hydrogens (tertiary/aromatic N) is 3. The van der Waals surface area contributed by atoms with E-state index in [-0.39, 0.29) is 24.0 Å². The van der Waals surface area contributed by atoms with Gasteiger partial charge in [0, 0.05) is 49.6 Å². The molecule has 3 heterocycles. The Labute approximate surface area is 229 Å². The number of aliphatic imine (C=N–C) groups is 1. The van der Waals surface area contributed by atoms with E-state index in [1.54, 1.807) is 30.8 Å². The molecule has 0 N–H and O–H groups in total. The number of Topliss-reactive ketones (excluding diaryl/α,β-unsaturated/α-hetero) is 1. The zero-order chi connectivity index (χ0) is 26.5. The first-order valence-corrected chi connectivity index (χ1v) is 14.1. The van der Waals surface area contributed by atoms with Crippen LogP contribution >= 0.6 is 22.9 Å². The molecule has 0 bridgehead atoms. The fraction of sp³-hybridized carbons (Fsp3) is 0.467. The fourth-order valence-corrected chi connectivity index (χ4v) is 6.41. The van der Waals surface area contributed by atoms with Crippen molar-refractivity contribution in [3.63, 3.8) is 0 Å². The van der Waals surface area contributed by atoms with Crippen molar-refractivity contribution in [2.75, 3.05) is 20.1 Å². The van der Waals surface area contributed by atoms with Gasteiger partial charge in [-0.05, 0) is 67.0 Å². The molecule has 194 valence electrons. The number of amides is 1. The van der Waals surface area contributed by atoms with Crippen molar-refractivity contribution in [2.24, 2.45) is 28.7 Å². The third kappa shape index (κ3) is 6.77. The van der Waals surface area contributed by atoms with E-state index in [0.29, 0.717) is 34.8 Å². The maximum absolute atomic E-state index is 13.5. The summed E-state index contributed by atoms with van der Waals surface area (Å²) in [6.07, 6.45) is 6.17. The molecule has 1 saturated heterocycles. The van der Waals surface area contributed by atoms with Gasteiger partial charge in [0.1, 0.15) is 0 Å². The van der Waals surface area contributed by atoms with E-state index >= 15 is 0 Å². The van der Waals surface area contributed by atoms with Gasteiger partial charge in [-0.2, -0.15) is 0 Å². The molecule has 7 heteroatoms. The van der Waals surface area contributed by atoms with Gasteiger partial charge in [0.15, 0.2) is 5.78 Å². The molecule has 1 unspecified atom stereocenters. The van der Waals surface area contributed by atoms with Crippen molar-refractivity contribution >= 4 is 40.8 Å². The fourth-order valence-electron chi connectivity index (χ4n) is 5.56. The largest absolute Gasteiger partial charge is 0.342 e. The van der Waals surface area contributed by atoms with Gasteiger partial charge in [-0.15, -0.1) is 11.3 Å². The topological polar surface area (TPSA) is 62.6 Å². The predicted octanol–water partition coefficient (Wildman–Crippen LogP) is 5.69. The van der Waals surface area contributed by atoms with E-state index in [2.05, 4.69) is 21.8 Å². The number of fused-ring (bicyclic) bond motifs is 1. The molecule has 37 heavy (non-hydrogen) atoms. The zero-order valence-electron chi connectivity index (χ0n) is 22.0. The van der Waals surface area contributed by atoms with E-state index < -0.39 is 0 Å². The van der Waals surface area contributed by atoms with Gasteiger partial charge >= 0.3 is 0 Å². The van der Waals surface area contributed by atoms with E-state index in [4.69, 9.17) is 11.6 Å².